The van der Waals surface area contributed by atoms with Crippen molar-refractivity contribution >= 4 is 11.7 Å². The third-order valence-electron chi connectivity index (χ3n) is 4.25. The van der Waals surface area contributed by atoms with Gasteiger partial charge in [-0.1, -0.05) is 31.1 Å². The normalized spacial score (nSPS) is 16.6. The topological polar surface area (TPSA) is 81.9 Å². The Morgan fingerprint density at radius 2 is 2.04 bits per heavy atom. The standard InChI is InChI=1S/C18H23N5O2/c1-11(2)9-10-25-15-7-5-14(6-8-15)17-16(13(4)24)12(3)19-18-20-21-22-23(17)18/h5-8,11,17H,9-10H2,1-4H3,(H,19,20,22). The molecule has 7 heteroatoms. The van der Waals surface area contributed by atoms with Crippen molar-refractivity contribution < 1.29 is 9.53 Å². The predicted molar refractivity (Wildman–Crippen MR) is 94.4 cm³/mol. The van der Waals surface area contributed by atoms with Crippen LogP contribution in [0.1, 0.15) is 45.7 Å². The summed E-state index contributed by atoms with van der Waals surface area (Å²) in [6.07, 6.45) is 1.01. The van der Waals surface area contributed by atoms with E-state index >= 15 is 0 Å². The van der Waals surface area contributed by atoms with E-state index in [1.165, 1.54) is 0 Å². The molecule has 0 fully saturated rings. The molecule has 0 bridgehead atoms. The number of Topliss-reactive ketones (excluding diaryl/α,β-unsaturated/α-hetero) is 1. The quantitative estimate of drug-likeness (QED) is 0.870. The molecule has 1 aromatic heterocycles. The number of carbonyl (C=O) groups is 1. The van der Waals surface area contributed by atoms with Crippen molar-refractivity contribution in [3.8, 4) is 5.75 Å². The maximum Gasteiger partial charge on any atom is 0.248 e. The summed E-state index contributed by atoms with van der Waals surface area (Å²) < 4.78 is 7.41. The van der Waals surface area contributed by atoms with Crippen LogP contribution in [0.3, 0.4) is 0 Å². The molecule has 2 aromatic rings. The first-order chi connectivity index (χ1) is 12.0. The van der Waals surface area contributed by atoms with Gasteiger partial charge in [-0.25, -0.2) is 0 Å². The number of ether oxygens (including phenoxy) is 1. The van der Waals surface area contributed by atoms with Gasteiger partial charge >= 0.3 is 0 Å². The number of rotatable bonds is 6. The van der Waals surface area contributed by atoms with Crippen molar-refractivity contribution in [1.29, 1.82) is 0 Å². The summed E-state index contributed by atoms with van der Waals surface area (Å²) in [5, 5.41) is 14.8. The van der Waals surface area contributed by atoms with Gasteiger partial charge in [0.1, 0.15) is 11.8 Å². The van der Waals surface area contributed by atoms with Crippen LogP contribution in [-0.2, 0) is 4.79 Å². The Kier molecular flexibility index (Phi) is 4.83. The van der Waals surface area contributed by atoms with Gasteiger partial charge in [-0.2, -0.15) is 4.68 Å². The number of fused-ring (bicyclic) bond motifs is 1. The van der Waals surface area contributed by atoms with Gasteiger partial charge in [-0.05, 0) is 54.3 Å². The first-order valence-electron chi connectivity index (χ1n) is 8.46. The number of anilines is 1. The van der Waals surface area contributed by atoms with Crippen LogP contribution in [0.2, 0.25) is 0 Å². The number of ketones is 1. The zero-order valence-electron chi connectivity index (χ0n) is 15.0. The lowest BCUT2D eigenvalue weighted by atomic mass is 9.93. The molecule has 1 aliphatic heterocycles. The van der Waals surface area contributed by atoms with E-state index in [0.717, 1.165) is 23.4 Å². The minimum atomic E-state index is -0.339. The van der Waals surface area contributed by atoms with Crippen LogP contribution in [0.5, 0.6) is 5.75 Å². The first-order valence-corrected chi connectivity index (χ1v) is 8.46. The van der Waals surface area contributed by atoms with Crippen molar-refractivity contribution in [3.05, 3.63) is 41.1 Å². The zero-order valence-corrected chi connectivity index (χ0v) is 15.0. The molecule has 0 saturated heterocycles. The largest absolute Gasteiger partial charge is 0.494 e. The monoisotopic (exact) mass is 341 g/mol. The molecule has 132 valence electrons. The Labute approximate surface area is 147 Å². The minimum Gasteiger partial charge on any atom is -0.494 e. The predicted octanol–water partition coefficient (Wildman–Crippen LogP) is 2.98. The number of benzene rings is 1. The van der Waals surface area contributed by atoms with E-state index in [2.05, 4.69) is 34.7 Å². The number of nitrogens with zero attached hydrogens (tertiary/aromatic N) is 4. The molecule has 7 nitrogen and oxygen atoms in total. The van der Waals surface area contributed by atoms with Crippen LogP contribution in [-0.4, -0.2) is 32.6 Å². The average Bonchev–Trinajstić information content (AvgIpc) is 3.01. The molecule has 1 atom stereocenters. The summed E-state index contributed by atoms with van der Waals surface area (Å²) in [4.78, 5) is 12.2. The van der Waals surface area contributed by atoms with Crippen LogP contribution >= 0.6 is 0 Å². The van der Waals surface area contributed by atoms with E-state index in [1.807, 2.05) is 31.2 Å². The second-order valence-electron chi connectivity index (χ2n) is 6.67. The molecule has 1 aromatic carbocycles. The number of hydrogen-bond donors (Lipinski definition) is 1. The summed E-state index contributed by atoms with van der Waals surface area (Å²) in [5.74, 6) is 1.96. The van der Waals surface area contributed by atoms with Gasteiger partial charge in [-0.3, -0.25) is 4.79 Å². The highest BCUT2D eigenvalue weighted by molar-refractivity contribution is 5.96. The molecule has 2 heterocycles. The molecule has 0 aliphatic carbocycles. The molecule has 1 unspecified atom stereocenters. The Bertz CT molecular complexity index is 792. The second-order valence-corrected chi connectivity index (χ2v) is 6.67. The lowest BCUT2D eigenvalue weighted by Gasteiger charge is -2.27. The van der Waals surface area contributed by atoms with Gasteiger partial charge in [0.2, 0.25) is 5.95 Å². The number of aromatic nitrogens is 4. The number of allylic oxidation sites excluding steroid dienone is 2. The minimum absolute atomic E-state index is 0.00610. The van der Waals surface area contributed by atoms with Crippen molar-refractivity contribution in [2.24, 2.45) is 5.92 Å². The van der Waals surface area contributed by atoms with Gasteiger partial charge < -0.3 is 10.1 Å². The summed E-state index contributed by atoms with van der Waals surface area (Å²) in [7, 11) is 0. The molecule has 0 saturated carbocycles. The Morgan fingerprint density at radius 3 is 2.68 bits per heavy atom. The molecule has 0 amide bonds. The fourth-order valence-electron chi connectivity index (χ4n) is 2.94. The fourth-order valence-corrected chi connectivity index (χ4v) is 2.94. The molecule has 1 aliphatic rings. The van der Waals surface area contributed by atoms with Gasteiger partial charge in [0, 0.05) is 11.3 Å². The maximum absolute atomic E-state index is 12.2. The van der Waals surface area contributed by atoms with Crippen molar-refractivity contribution in [3.63, 3.8) is 0 Å². The molecular formula is C18H23N5O2. The smallest absolute Gasteiger partial charge is 0.248 e. The number of nitrogens with one attached hydrogen (secondary N) is 1. The highest BCUT2D eigenvalue weighted by Crippen LogP contribution is 2.35. The Morgan fingerprint density at radius 1 is 1.32 bits per heavy atom. The lowest BCUT2D eigenvalue weighted by molar-refractivity contribution is -0.114. The van der Waals surface area contributed by atoms with E-state index in [9.17, 15) is 4.79 Å². The number of hydrogen-bond acceptors (Lipinski definition) is 6. The van der Waals surface area contributed by atoms with E-state index in [4.69, 9.17) is 4.74 Å². The fraction of sp³-hybridized carbons (Fsp3) is 0.444. The van der Waals surface area contributed by atoms with E-state index < -0.39 is 0 Å². The summed E-state index contributed by atoms with van der Waals surface area (Å²) in [5.41, 5.74) is 2.38. The van der Waals surface area contributed by atoms with Crippen LogP contribution in [0.4, 0.5) is 5.95 Å². The van der Waals surface area contributed by atoms with Crippen LogP contribution < -0.4 is 10.1 Å². The van der Waals surface area contributed by atoms with E-state index in [-0.39, 0.29) is 11.8 Å². The summed E-state index contributed by atoms with van der Waals surface area (Å²) in [6.45, 7) is 8.47. The maximum atomic E-state index is 12.2. The molecule has 3 rings (SSSR count). The third-order valence-corrected chi connectivity index (χ3v) is 4.25. The molecule has 1 N–H and O–H groups in total. The summed E-state index contributed by atoms with van der Waals surface area (Å²) >= 11 is 0. The molecular weight excluding hydrogens is 318 g/mol. The van der Waals surface area contributed by atoms with Crippen LogP contribution in [0.15, 0.2) is 35.5 Å². The van der Waals surface area contributed by atoms with E-state index in [0.29, 0.717) is 24.0 Å². The third kappa shape index (κ3) is 3.55. The number of carbonyl (C=O) groups excluding carboxylic acids is 1. The number of tetrazole rings is 1. The van der Waals surface area contributed by atoms with Crippen molar-refractivity contribution in [2.75, 3.05) is 11.9 Å². The van der Waals surface area contributed by atoms with E-state index in [1.54, 1.807) is 11.6 Å². The van der Waals surface area contributed by atoms with Crippen molar-refractivity contribution in [1.82, 2.24) is 20.2 Å². The zero-order chi connectivity index (χ0) is 18.0. The van der Waals surface area contributed by atoms with Crippen LogP contribution in [0.25, 0.3) is 0 Å². The highest BCUT2D eigenvalue weighted by atomic mass is 16.5. The van der Waals surface area contributed by atoms with Gasteiger partial charge in [0.05, 0.1) is 6.61 Å². The average molecular weight is 341 g/mol. The van der Waals surface area contributed by atoms with Crippen molar-refractivity contribution in [2.45, 2.75) is 40.2 Å². The Balaban J connectivity index is 1.88. The second kappa shape index (κ2) is 7.04. The van der Waals surface area contributed by atoms with Gasteiger partial charge in [-0.15, -0.1) is 0 Å². The molecule has 0 radical (unpaired) electrons. The van der Waals surface area contributed by atoms with Crippen LogP contribution in [0, 0.1) is 5.92 Å². The van der Waals surface area contributed by atoms with Gasteiger partial charge in [0.15, 0.2) is 5.78 Å². The summed E-state index contributed by atoms with van der Waals surface area (Å²) in [6, 6.07) is 7.43. The highest BCUT2D eigenvalue weighted by Gasteiger charge is 2.32. The first kappa shape index (κ1) is 17.1. The Hall–Kier alpha value is -2.70. The SMILES string of the molecule is CC(=O)C1=C(C)Nc2nnnn2C1c1ccc(OCCC(C)C)cc1. The van der Waals surface area contributed by atoms with Gasteiger partial charge in [0.25, 0.3) is 0 Å². The molecule has 0 spiro atoms. The lowest BCUT2D eigenvalue weighted by Crippen LogP contribution is -2.27. The molecule has 25 heavy (non-hydrogen) atoms.